The Kier molecular flexibility index (Phi) is 5.52. The molecule has 0 atom stereocenters. The van der Waals surface area contributed by atoms with E-state index in [9.17, 15) is 0 Å². The minimum atomic E-state index is 0.467. The number of aromatic nitrogens is 3. The molecule has 0 amide bonds. The van der Waals surface area contributed by atoms with Crippen molar-refractivity contribution in [3.63, 3.8) is 0 Å². The van der Waals surface area contributed by atoms with Crippen LogP contribution in [0.4, 0.5) is 5.82 Å². The molecule has 0 unspecified atom stereocenters. The van der Waals surface area contributed by atoms with Crippen molar-refractivity contribution < 1.29 is 9.47 Å². The molecule has 1 aliphatic heterocycles. The molecule has 0 aliphatic carbocycles. The average molecular weight is 438 g/mol. The highest BCUT2D eigenvalue weighted by Gasteiger charge is 2.19. The first-order chi connectivity index (χ1) is 15.1. The monoisotopic (exact) mass is 437 g/mol. The Bertz CT molecular complexity index is 1230. The average Bonchev–Trinajstić information content (AvgIpc) is 3.49. The van der Waals surface area contributed by atoms with Gasteiger partial charge in [0.2, 0.25) is 0 Å². The number of thiophene rings is 1. The Morgan fingerprint density at radius 2 is 2.00 bits per heavy atom. The topological polar surface area (TPSA) is 77.9 Å². The zero-order valence-corrected chi connectivity index (χ0v) is 18.7. The minimum Gasteiger partial charge on any atom is -0.495 e. The second kappa shape index (κ2) is 8.45. The van der Waals surface area contributed by atoms with Gasteiger partial charge in [0.05, 0.1) is 30.7 Å². The van der Waals surface area contributed by atoms with Crippen LogP contribution in [0.3, 0.4) is 0 Å². The van der Waals surface area contributed by atoms with Crippen LogP contribution in [0.15, 0.2) is 30.6 Å². The Labute approximate surface area is 185 Å². The van der Waals surface area contributed by atoms with E-state index in [4.69, 9.17) is 15.2 Å². The molecule has 2 N–H and O–H groups in total. The number of nitrogens with two attached hydrogens (primary N) is 1. The number of nitrogens with zero attached hydrogens (tertiary/aromatic N) is 4. The normalized spacial score (nSPS) is 14.8. The fourth-order valence-corrected chi connectivity index (χ4v) is 5.50. The molecule has 1 fully saturated rings. The summed E-state index contributed by atoms with van der Waals surface area (Å²) in [5, 5.41) is 5.62. The number of hydrogen-bond acceptors (Lipinski definition) is 7. The van der Waals surface area contributed by atoms with Gasteiger partial charge in [0.15, 0.2) is 5.82 Å². The van der Waals surface area contributed by atoms with Crippen LogP contribution in [0, 0.1) is 6.92 Å². The van der Waals surface area contributed by atoms with Crippen molar-refractivity contribution in [2.75, 3.05) is 39.1 Å². The maximum atomic E-state index is 6.28. The number of hydrogen-bond donors (Lipinski definition) is 1. The van der Waals surface area contributed by atoms with Crippen molar-refractivity contribution in [1.82, 2.24) is 19.5 Å². The van der Waals surface area contributed by atoms with Crippen LogP contribution in [-0.4, -0.2) is 52.8 Å². The highest BCUT2D eigenvalue weighted by Crippen LogP contribution is 2.42. The lowest BCUT2D eigenvalue weighted by Gasteiger charge is -2.14. The Balaban J connectivity index is 1.48. The molecule has 5 rings (SSSR count). The number of anilines is 1. The third kappa shape index (κ3) is 3.86. The summed E-state index contributed by atoms with van der Waals surface area (Å²) < 4.78 is 14.6. The van der Waals surface area contributed by atoms with Gasteiger partial charge in [-0.2, -0.15) is 5.10 Å². The van der Waals surface area contributed by atoms with Crippen LogP contribution in [0.5, 0.6) is 5.75 Å². The van der Waals surface area contributed by atoms with E-state index < -0.39 is 0 Å². The van der Waals surface area contributed by atoms with Gasteiger partial charge in [-0.05, 0) is 62.0 Å². The highest BCUT2D eigenvalue weighted by molar-refractivity contribution is 7.22. The molecular formula is C23H27N5O2S. The van der Waals surface area contributed by atoms with Crippen LogP contribution >= 0.6 is 11.3 Å². The summed E-state index contributed by atoms with van der Waals surface area (Å²) in [6.07, 6.45) is 4.09. The van der Waals surface area contributed by atoms with E-state index in [0.29, 0.717) is 19.0 Å². The molecule has 31 heavy (non-hydrogen) atoms. The van der Waals surface area contributed by atoms with Crippen LogP contribution in [0.1, 0.15) is 24.1 Å². The fraction of sp³-hybridized carbons (Fsp3) is 0.391. The first kappa shape index (κ1) is 20.2. The number of fused-ring (bicyclic) bond motifs is 2. The van der Waals surface area contributed by atoms with Crippen molar-refractivity contribution in [3.05, 3.63) is 41.9 Å². The van der Waals surface area contributed by atoms with Gasteiger partial charge in [0, 0.05) is 17.0 Å². The number of likely N-dealkylation sites (tertiary alicyclic amines) is 1. The molecule has 1 saturated heterocycles. The van der Waals surface area contributed by atoms with E-state index >= 15 is 0 Å². The molecule has 1 aromatic carbocycles. The molecular weight excluding hydrogens is 410 g/mol. The predicted molar refractivity (Wildman–Crippen MR) is 125 cm³/mol. The van der Waals surface area contributed by atoms with E-state index in [1.807, 2.05) is 4.52 Å². The smallest absolute Gasteiger partial charge is 0.152 e. The van der Waals surface area contributed by atoms with Gasteiger partial charge in [0.1, 0.15) is 17.6 Å². The van der Waals surface area contributed by atoms with Crippen molar-refractivity contribution in [1.29, 1.82) is 0 Å². The number of benzene rings is 1. The van der Waals surface area contributed by atoms with E-state index in [2.05, 4.69) is 46.2 Å². The summed E-state index contributed by atoms with van der Waals surface area (Å²) >= 11 is 1.70. The van der Waals surface area contributed by atoms with Crippen LogP contribution in [0.25, 0.3) is 26.0 Å². The molecule has 8 heteroatoms. The standard InChI is InChI=1S/C23H27N5O2S/c1-15-9-16-11-20(31-22(16)19(10-15)29-2)18-12-17(28-21(18)23(24)25-14-26-28)13-30-8-7-27-5-3-4-6-27/h9-12,14H,3-8,13H2,1-2H3,(H2,24,25,26). The summed E-state index contributed by atoms with van der Waals surface area (Å²) in [4.78, 5) is 7.80. The minimum absolute atomic E-state index is 0.467. The van der Waals surface area contributed by atoms with E-state index in [1.54, 1.807) is 18.4 Å². The third-order valence-electron chi connectivity index (χ3n) is 5.87. The van der Waals surface area contributed by atoms with Gasteiger partial charge in [-0.25, -0.2) is 9.50 Å². The second-order valence-electron chi connectivity index (χ2n) is 8.05. The SMILES string of the molecule is COc1cc(C)cc2cc(-c3cc(COCCN4CCCC4)n4ncnc(N)c34)sc12. The number of methoxy groups -OCH3 is 1. The largest absolute Gasteiger partial charge is 0.495 e. The van der Waals surface area contributed by atoms with E-state index in [-0.39, 0.29) is 0 Å². The molecule has 0 bridgehead atoms. The van der Waals surface area contributed by atoms with E-state index in [0.717, 1.165) is 44.0 Å². The Hall–Kier alpha value is -2.68. The summed E-state index contributed by atoms with van der Waals surface area (Å²) in [5.74, 6) is 1.36. The first-order valence-corrected chi connectivity index (χ1v) is 11.5. The number of rotatable bonds is 7. The maximum absolute atomic E-state index is 6.28. The van der Waals surface area contributed by atoms with Gasteiger partial charge in [-0.1, -0.05) is 6.07 Å². The molecule has 0 radical (unpaired) electrons. The fourth-order valence-electron chi connectivity index (χ4n) is 4.35. The Morgan fingerprint density at radius 1 is 1.16 bits per heavy atom. The van der Waals surface area contributed by atoms with Gasteiger partial charge >= 0.3 is 0 Å². The first-order valence-electron chi connectivity index (χ1n) is 10.6. The number of nitrogen functional groups attached to an aromatic ring is 1. The summed E-state index contributed by atoms with van der Waals surface area (Å²) in [6, 6.07) is 8.56. The summed E-state index contributed by atoms with van der Waals surface area (Å²) in [6.45, 7) is 6.61. The number of ether oxygens (including phenoxy) is 2. The second-order valence-corrected chi connectivity index (χ2v) is 9.10. The lowest BCUT2D eigenvalue weighted by atomic mass is 10.1. The lowest BCUT2D eigenvalue weighted by molar-refractivity contribution is 0.0962. The van der Waals surface area contributed by atoms with Gasteiger partial charge in [-0.15, -0.1) is 11.3 Å². The lowest BCUT2D eigenvalue weighted by Crippen LogP contribution is -2.24. The third-order valence-corrected chi connectivity index (χ3v) is 7.07. The van der Waals surface area contributed by atoms with Crippen molar-refractivity contribution in [3.8, 4) is 16.2 Å². The van der Waals surface area contributed by atoms with Crippen molar-refractivity contribution in [2.45, 2.75) is 26.4 Å². The predicted octanol–water partition coefficient (Wildman–Crippen LogP) is 4.12. The zero-order valence-electron chi connectivity index (χ0n) is 17.9. The zero-order chi connectivity index (χ0) is 21.4. The molecule has 4 heterocycles. The molecule has 3 aromatic heterocycles. The van der Waals surface area contributed by atoms with Gasteiger partial charge in [-0.3, -0.25) is 0 Å². The molecule has 162 valence electrons. The molecule has 4 aromatic rings. The van der Waals surface area contributed by atoms with Crippen molar-refractivity contribution >= 4 is 32.8 Å². The van der Waals surface area contributed by atoms with Crippen LogP contribution < -0.4 is 10.5 Å². The van der Waals surface area contributed by atoms with Gasteiger partial charge in [0.25, 0.3) is 0 Å². The molecule has 1 aliphatic rings. The number of aryl methyl sites for hydroxylation is 1. The maximum Gasteiger partial charge on any atom is 0.152 e. The van der Waals surface area contributed by atoms with Crippen LogP contribution in [0.2, 0.25) is 0 Å². The summed E-state index contributed by atoms with van der Waals surface area (Å²) in [7, 11) is 1.71. The highest BCUT2D eigenvalue weighted by atomic mass is 32.1. The molecule has 0 spiro atoms. The Morgan fingerprint density at radius 3 is 2.81 bits per heavy atom. The van der Waals surface area contributed by atoms with Gasteiger partial charge < -0.3 is 20.1 Å². The molecule has 7 nitrogen and oxygen atoms in total. The van der Waals surface area contributed by atoms with E-state index in [1.165, 1.54) is 37.8 Å². The quantitative estimate of drug-likeness (QED) is 0.438. The summed E-state index contributed by atoms with van der Waals surface area (Å²) in [5.41, 5.74) is 10.3. The van der Waals surface area contributed by atoms with Crippen LogP contribution in [-0.2, 0) is 11.3 Å². The van der Waals surface area contributed by atoms with Crippen molar-refractivity contribution in [2.24, 2.45) is 0 Å². The molecule has 0 saturated carbocycles.